The number of carbonyl (C=O) groups is 4. The molecule has 3 amide bonds. The van der Waals surface area contributed by atoms with Crippen LogP contribution in [0, 0.1) is 11.8 Å². The Morgan fingerprint density at radius 3 is 2.11 bits per heavy atom. The third kappa shape index (κ3) is 12.8. The molecule has 2 aromatic carbocycles. The summed E-state index contributed by atoms with van der Waals surface area (Å²) < 4.78 is 42.8. The van der Waals surface area contributed by atoms with Gasteiger partial charge < -0.3 is 35.4 Å². The fraction of sp³-hybridized carbons (Fsp3) is 0.488. The number of halogens is 3. The van der Waals surface area contributed by atoms with Crippen LogP contribution in [-0.2, 0) is 25.5 Å². The number of alkyl carbamates (subject to hydrolysis) is 1. The number of ether oxygens (including phenoxy) is 2. The first-order valence-corrected chi connectivity index (χ1v) is 20.0. The number of aromatic amines is 1. The van der Waals surface area contributed by atoms with Crippen LogP contribution in [-0.4, -0.2) is 129 Å². The number of benzene rings is 2. The molecule has 0 bridgehead atoms. The number of carbonyl (C=O) groups excluding carboxylic acids is 3. The fourth-order valence-corrected chi connectivity index (χ4v) is 7.10. The number of rotatable bonds is 12. The number of nitrogens with two attached hydrogens (primary N) is 1. The SMILES string of the molecule is COc1nc(N2CCN(C)CC2)ncc1-c1ccc(C[C@@H](C(N)=O)N(c2ccc(-c3nn[nH]n3)cc2)C(=O)[C@H]2CC[C@H](CNC(=O)OC(C)(C)C)CC2)cc1.O=C(O)C(F)(F)F. The van der Waals surface area contributed by atoms with Gasteiger partial charge in [0.2, 0.25) is 29.5 Å². The smallest absolute Gasteiger partial charge is 0.480 e. The molecule has 62 heavy (non-hydrogen) atoms. The van der Waals surface area contributed by atoms with E-state index in [4.69, 9.17) is 30.1 Å². The Morgan fingerprint density at radius 2 is 1.58 bits per heavy atom. The molecule has 334 valence electrons. The molecule has 4 aromatic rings. The predicted molar refractivity (Wildman–Crippen MR) is 221 cm³/mol. The third-order valence-electron chi connectivity index (χ3n) is 10.4. The van der Waals surface area contributed by atoms with E-state index >= 15 is 0 Å². The van der Waals surface area contributed by atoms with Crippen LogP contribution in [0.5, 0.6) is 5.88 Å². The van der Waals surface area contributed by atoms with E-state index in [1.54, 1.807) is 42.5 Å². The lowest BCUT2D eigenvalue weighted by molar-refractivity contribution is -0.192. The third-order valence-corrected chi connectivity index (χ3v) is 10.4. The summed E-state index contributed by atoms with van der Waals surface area (Å²) in [6.45, 7) is 9.49. The first kappa shape index (κ1) is 46.7. The molecule has 2 fully saturated rings. The van der Waals surface area contributed by atoms with Gasteiger partial charge in [-0.15, -0.1) is 10.2 Å². The predicted octanol–water partition coefficient (Wildman–Crippen LogP) is 4.48. The van der Waals surface area contributed by atoms with Crippen molar-refractivity contribution in [1.29, 1.82) is 0 Å². The second kappa shape index (κ2) is 20.5. The number of aromatic nitrogens is 6. The molecule has 1 saturated heterocycles. The lowest BCUT2D eigenvalue weighted by atomic mass is 9.81. The Morgan fingerprint density at radius 1 is 0.968 bits per heavy atom. The highest BCUT2D eigenvalue weighted by Crippen LogP contribution is 2.34. The van der Waals surface area contributed by atoms with Crippen molar-refractivity contribution in [3.63, 3.8) is 0 Å². The minimum absolute atomic E-state index is 0.173. The zero-order valence-corrected chi connectivity index (χ0v) is 35.2. The van der Waals surface area contributed by atoms with E-state index in [-0.39, 0.29) is 24.2 Å². The maximum Gasteiger partial charge on any atom is 0.490 e. The second-order valence-corrected chi connectivity index (χ2v) is 16.1. The van der Waals surface area contributed by atoms with Crippen LogP contribution in [0.3, 0.4) is 0 Å². The quantitative estimate of drug-likeness (QED) is 0.154. The average Bonchev–Trinajstić information content (AvgIpc) is 3.78. The molecule has 21 heteroatoms. The molecule has 18 nitrogen and oxygen atoms in total. The van der Waals surface area contributed by atoms with Gasteiger partial charge in [0.1, 0.15) is 11.6 Å². The van der Waals surface area contributed by atoms with Gasteiger partial charge in [-0.2, -0.15) is 23.4 Å². The number of nitrogens with zero attached hydrogens (tertiary/aromatic N) is 8. The molecule has 2 aromatic heterocycles. The molecule has 2 aliphatic rings. The van der Waals surface area contributed by atoms with E-state index in [0.717, 1.165) is 55.7 Å². The standard InChI is InChI=1S/C39H51N11O5.C2HF3O2/c1-39(2,3)55-38(53)42-23-26-8-12-29(13-9-26)36(52)50(30-16-14-28(15-17-30)34-44-46-47-45-34)32(33(40)51)22-25-6-10-27(11-7-25)31-24-41-37(43-35(31)54-5)49-20-18-48(4)19-21-49;3-2(4,5)1(6)7/h6-7,10-11,14-17,24,26,29,32H,8-9,12-13,18-23H2,1-5H3,(H2,40,51)(H,42,53)(H,44,45,46,47);(H,6,7)/t26-,29-,32-;/m0./s1. The minimum atomic E-state index is -5.08. The Hall–Kier alpha value is -6.38. The van der Waals surface area contributed by atoms with E-state index in [1.807, 2.05) is 45.0 Å². The van der Waals surface area contributed by atoms with Gasteiger partial charge in [0.05, 0.1) is 12.7 Å². The number of hydrogen-bond donors (Lipinski definition) is 4. The largest absolute Gasteiger partial charge is 0.490 e. The number of tetrazole rings is 1. The van der Waals surface area contributed by atoms with E-state index < -0.39 is 35.8 Å². The number of carboxylic acid groups (broad SMARTS) is 1. The maximum atomic E-state index is 14.5. The summed E-state index contributed by atoms with van der Waals surface area (Å²) >= 11 is 0. The van der Waals surface area contributed by atoms with Crippen molar-refractivity contribution in [2.45, 2.75) is 70.7 Å². The van der Waals surface area contributed by atoms with E-state index in [2.05, 4.69) is 47.8 Å². The normalized spacial score (nSPS) is 17.5. The molecule has 3 heterocycles. The Bertz CT molecular complexity index is 2120. The van der Waals surface area contributed by atoms with Crippen LogP contribution in [0.15, 0.2) is 54.7 Å². The molecule has 1 atom stereocenters. The van der Waals surface area contributed by atoms with Gasteiger partial charge in [-0.3, -0.25) is 14.5 Å². The molecular formula is C41H52F3N11O7. The number of likely N-dealkylation sites (N-methyl/N-ethyl adjacent to an activating group) is 1. The summed E-state index contributed by atoms with van der Waals surface area (Å²) in [5.74, 6) is -2.16. The molecule has 1 aliphatic heterocycles. The number of hydrogen-bond acceptors (Lipinski definition) is 13. The van der Waals surface area contributed by atoms with Crippen LogP contribution in [0.1, 0.15) is 52.0 Å². The fourth-order valence-electron chi connectivity index (χ4n) is 7.10. The lowest BCUT2D eigenvalue weighted by Gasteiger charge is -2.36. The van der Waals surface area contributed by atoms with Gasteiger partial charge in [-0.05, 0) is 100 Å². The summed E-state index contributed by atoms with van der Waals surface area (Å²) in [4.78, 5) is 64.3. The molecule has 0 unspecified atom stereocenters. The van der Waals surface area contributed by atoms with Crippen LogP contribution >= 0.6 is 0 Å². The average molecular weight is 868 g/mol. The van der Waals surface area contributed by atoms with Gasteiger partial charge in [0, 0.05) is 62.5 Å². The summed E-state index contributed by atoms with van der Waals surface area (Å²) in [6.07, 6.45) is -0.874. The van der Waals surface area contributed by atoms with Crippen molar-refractivity contribution in [3.05, 3.63) is 60.3 Å². The molecule has 0 radical (unpaired) electrons. The molecule has 1 saturated carbocycles. The van der Waals surface area contributed by atoms with Crippen molar-refractivity contribution in [3.8, 4) is 28.4 Å². The number of primary amides is 1. The summed E-state index contributed by atoms with van der Waals surface area (Å²) in [5.41, 5.74) is 9.18. The van der Waals surface area contributed by atoms with Gasteiger partial charge in [0.15, 0.2) is 0 Å². The molecular weight excluding hydrogens is 816 g/mol. The second-order valence-electron chi connectivity index (χ2n) is 16.1. The number of alkyl halides is 3. The van der Waals surface area contributed by atoms with Crippen LogP contribution in [0.25, 0.3) is 22.5 Å². The number of nitrogens with one attached hydrogen (secondary N) is 2. The topological polar surface area (TPSA) is 235 Å². The van der Waals surface area contributed by atoms with Gasteiger partial charge >= 0.3 is 18.2 Å². The maximum absolute atomic E-state index is 14.5. The van der Waals surface area contributed by atoms with Crippen LogP contribution in [0.4, 0.5) is 29.6 Å². The van der Waals surface area contributed by atoms with Gasteiger partial charge in [-0.1, -0.05) is 24.3 Å². The minimum Gasteiger partial charge on any atom is -0.480 e. The molecule has 6 rings (SSSR count). The lowest BCUT2D eigenvalue weighted by Crippen LogP contribution is -2.52. The van der Waals surface area contributed by atoms with E-state index in [0.29, 0.717) is 48.3 Å². The Kier molecular flexibility index (Phi) is 15.4. The van der Waals surface area contributed by atoms with E-state index in [9.17, 15) is 27.6 Å². The first-order valence-electron chi connectivity index (χ1n) is 20.0. The summed E-state index contributed by atoms with van der Waals surface area (Å²) in [7, 11) is 3.70. The van der Waals surface area contributed by atoms with E-state index in [1.165, 1.54) is 0 Å². The van der Waals surface area contributed by atoms with Crippen LogP contribution < -0.4 is 25.6 Å². The number of methoxy groups -OCH3 is 1. The highest BCUT2D eigenvalue weighted by molar-refractivity contribution is 6.01. The number of piperazine rings is 1. The zero-order chi connectivity index (χ0) is 45.2. The van der Waals surface area contributed by atoms with Crippen molar-refractivity contribution in [2.24, 2.45) is 17.6 Å². The molecule has 1 aliphatic carbocycles. The van der Waals surface area contributed by atoms with Gasteiger partial charge in [0.25, 0.3) is 0 Å². The summed E-state index contributed by atoms with van der Waals surface area (Å²) in [6, 6.07) is 13.9. The summed E-state index contributed by atoms with van der Waals surface area (Å²) in [5, 5.41) is 24.2. The number of carboxylic acids is 1. The van der Waals surface area contributed by atoms with Crippen LogP contribution in [0.2, 0.25) is 0 Å². The van der Waals surface area contributed by atoms with Crippen molar-refractivity contribution >= 4 is 35.5 Å². The van der Waals surface area contributed by atoms with Crippen molar-refractivity contribution in [2.75, 3.05) is 56.7 Å². The number of anilines is 2. The monoisotopic (exact) mass is 867 g/mol. The Balaban J connectivity index is 0.000000955. The molecule has 0 spiro atoms. The number of H-pyrrole nitrogens is 1. The number of amides is 3. The van der Waals surface area contributed by atoms with Gasteiger partial charge in [-0.25, -0.2) is 14.6 Å². The Labute approximate surface area is 356 Å². The van der Waals surface area contributed by atoms with Crippen molar-refractivity contribution in [1.82, 2.24) is 40.8 Å². The molecule has 5 N–H and O–H groups in total. The van der Waals surface area contributed by atoms with Crippen molar-refractivity contribution < 1.29 is 46.9 Å². The number of aliphatic carboxylic acids is 1. The highest BCUT2D eigenvalue weighted by Gasteiger charge is 2.38. The highest BCUT2D eigenvalue weighted by atomic mass is 19.4. The first-order chi connectivity index (χ1) is 29.3. The zero-order valence-electron chi connectivity index (χ0n) is 35.2.